The van der Waals surface area contributed by atoms with Crippen LogP contribution in [0.5, 0.6) is 11.5 Å². The van der Waals surface area contributed by atoms with Gasteiger partial charge in [0.25, 0.3) is 5.91 Å². The molecule has 0 unspecified atom stereocenters. The molecular formula is C19H19N3O5S. The molecule has 2 aromatic carbocycles. The molecule has 0 saturated heterocycles. The Balaban J connectivity index is 1.97. The van der Waals surface area contributed by atoms with E-state index in [1.165, 1.54) is 43.5 Å². The standard InChI is InChI=1S/C19H19N3O5S/c1-12-16(11-13-5-4-6-17(26-2)18(13)27-3)19(23)22(21-12)14-7-9-15(10-8-14)28(20,24)25/h4-11H,1-3H3,(H2,20,24,25)/b16-11-. The predicted molar refractivity (Wildman–Crippen MR) is 106 cm³/mol. The number of hydrazone groups is 1. The number of hydrogen-bond donors (Lipinski definition) is 1. The summed E-state index contributed by atoms with van der Waals surface area (Å²) in [4.78, 5) is 12.8. The molecule has 1 aliphatic heterocycles. The summed E-state index contributed by atoms with van der Waals surface area (Å²) in [6.45, 7) is 1.72. The lowest BCUT2D eigenvalue weighted by atomic mass is 10.1. The zero-order chi connectivity index (χ0) is 20.5. The van der Waals surface area contributed by atoms with Crippen LogP contribution in [-0.4, -0.2) is 34.3 Å². The number of hydrogen-bond acceptors (Lipinski definition) is 6. The molecular weight excluding hydrogens is 382 g/mol. The van der Waals surface area contributed by atoms with Gasteiger partial charge in [-0.1, -0.05) is 12.1 Å². The van der Waals surface area contributed by atoms with Crippen LogP contribution in [0.25, 0.3) is 6.08 Å². The van der Waals surface area contributed by atoms with Crippen LogP contribution in [0.2, 0.25) is 0 Å². The van der Waals surface area contributed by atoms with E-state index in [1.54, 1.807) is 31.2 Å². The first-order chi connectivity index (χ1) is 13.3. The van der Waals surface area contributed by atoms with E-state index in [-0.39, 0.29) is 10.8 Å². The fraction of sp³-hybridized carbons (Fsp3) is 0.158. The zero-order valence-electron chi connectivity index (χ0n) is 15.5. The first-order valence-electron chi connectivity index (χ1n) is 8.22. The Morgan fingerprint density at radius 3 is 2.32 bits per heavy atom. The minimum absolute atomic E-state index is 0.0412. The molecule has 3 rings (SSSR count). The summed E-state index contributed by atoms with van der Waals surface area (Å²) in [6, 6.07) is 11.0. The average Bonchev–Trinajstić information content (AvgIpc) is 2.95. The second kappa shape index (κ2) is 7.45. The molecule has 2 N–H and O–H groups in total. The van der Waals surface area contributed by atoms with Crippen molar-refractivity contribution >= 4 is 33.4 Å². The van der Waals surface area contributed by atoms with Gasteiger partial charge >= 0.3 is 0 Å². The van der Waals surface area contributed by atoms with Crippen LogP contribution in [0.15, 0.2) is 58.0 Å². The van der Waals surface area contributed by atoms with Crippen LogP contribution in [0, 0.1) is 0 Å². The van der Waals surface area contributed by atoms with Crippen LogP contribution < -0.4 is 19.6 Å². The van der Waals surface area contributed by atoms with Crippen LogP contribution >= 0.6 is 0 Å². The number of sulfonamides is 1. The number of anilines is 1. The molecule has 9 heteroatoms. The molecule has 0 aliphatic carbocycles. The number of rotatable bonds is 5. The van der Waals surface area contributed by atoms with Gasteiger partial charge in [-0.25, -0.2) is 13.6 Å². The molecule has 1 aliphatic rings. The van der Waals surface area contributed by atoms with Crippen molar-refractivity contribution in [3.8, 4) is 11.5 Å². The number of nitrogens with zero attached hydrogens (tertiary/aromatic N) is 2. The van der Waals surface area contributed by atoms with Crippen molar-refractivity contribution in [3.63, 3.8) is 0 Å². The van der Waals surface area contributed by atoms with Gasteiger partial charge < -0.3 is 9.47 Å². The first kappa shape index (κ1) is 19.6. The Bertz CT molecular complexity index is 1090. The van der Waals surface area contributed by atoms with Gasteiger partial charge in [0.05, 0.1) is 36.1 Å². The number of ether oxygens (including phenoxy) is 2. The summed E-state index contributed by atoms with van der Waals surface area (Å²) < 4.78 is 33.5. The van der Waals surface area contributed by atoms with E-state index < -0.39 is 10.0 Å². The Kier molecular flexibility index (Phi) is 5.21. The van der Waals surface area contributed by atoms with E-state index in [1.807, 2.05) is 0 Å². The van der Waals surface area contributed by atoms with Crippen LogP contribution in [0.4, 0.5) is 5.69 Å². The summed E-state index contributed by atoms with van der Waals surface area (Å²) in [5.41, 5.74) is 2.01. The predicted octanol–water partition coefficient (Wildman–Crippen LogP) is 2.16. The second-order valence-electron chi connectivity index (χ2n) is 5.98. The lowest BCUT2D eigenvalue weighted by Gasteiger charge is -2.13. The van der Waals surface area contributed by atoms with Gasteiger partial charge in [0.1, 0.15) is 0 Å². The molecule has 8 nitrogen and oxygen atoms in total. The Morgan fingerprint density at radius 1 is 1.07 bits per heavy atom. The molecule has 0 bridgehead atoms. The summed E-state index contributed by atoms with van der Waals surface area (Å²) >= 11 is 0. The van der Waals surface area contributed by atoms with Crippen molar-refractivity contribution in [1.29, 1.82) is 0 Å². The quantitative estimate of drug-likeness (QED) is 0.772. The highest BCUT2D eigenvalue weighted by atomic mass is 32.2. The fourth-order valence-corrected chi connectivity index (χ4v) is 3.33. The van der Waals surface area contributed by atoms with Gasteiger partial charge in [0.2, 0.25) is 10.0 Å². The van der Waals surface area contributed by atoms with Gasteiger partial charge in [0, 0.05) is 5.56 Å². The van der Waals surface area contributed by atoms with Crippen molar-refractivity contribution in [2.24, 2.45) is 10.2 Å². The van der Waals surface area contributed by atoms with Crippen molar-refractivity contribution in [2.75, 3.05) is 19.2 Å². The number of nitrogens with two attached hydrogens (primary N) is 1. The first-order valence-corrected chi connectivity index (χ1v) is 9.76. The minimum atomic E-state index is -3.81. The third-order valence-electron chi connectivity index (χ3n) is 4.21. The molecule has 1 heterocycles. The largest absolute Gasteiger partial charge is 0.493 e. The average molecular weight is 401 g/mol. The fourth-order valence-electron chi connectivity index (χ4n) is 2.82. The van der Waals surface area contributed by atoms with Crippen LogP contribution in [0.1, 0.15) is 12.5 Å². The third-order valence-corrected chi connectivity index (χ3v) is 5.13. The van der Waals surface area contributed by atoms with E-state index in [4.69, 9.17) is 14.6 Å². The number of primary sulfonamides is 1. The third kappa shape index (κ3) is 3.62. The maximum Gasteiger partial charge on any atom is 0.280 e. The highest BCUT2D eigenvalue weighted by Gasteiger charge is 2.29. The van der Waals surface area contributed by atoms with Crippen LogP contribution in [0.3, 0.4) is 0 Å². The topological polar surface area (TPSA) is 111 Å². The zero-order valence-corrected chi connectivity index (χ0v) is 16.4. The van der Waals surface area contributed by atoms with Crippen molar-refractivity contribution in [3.05, 3.63) is 53.6 Å². The van der Waals surface area contributed by atoms with Crippen molar-refractivity contribution < 1.29 is 22.7 Å². The summed E-state index contributed by atoms with van der Waals surface area (Å²) in [5.74, 6) is 0.715. The van der Waals surface area contributed by atoms with E-state index in [9.17, 15) is 13.2 Å². The Morgan fingerprint density at radius 2 is 1.75 bits per heavy atom. The lowest BCUT2D eigenvalue weighted by molar-refractivity contribution is -0.114. The SMILES string of the molecule is COc1cccc(/C=C2\C(=O)N(c3ccc(S(N)(=O)=O)cc3)N=C2C)c1OC. The van der Waals surface area contributed by atoms with Gasteiger partial charge in [-0.3, -0.25) is 4.79 Å². The Labute approximate surface area is 162 Å². The number of carbonyl (C=O) groups is 1. The molecule has 0 spiro atoms. The van der Waals surface area contributed by atoms with E-state index in [0.29, 0.717) is 34.0 Å². The summed E-state index contributed by atoms with van der Waals surface area (Å²) in [5, 5.41) is 10.6. The monoisotopic (exact) mass is 401 g/mol. The van der Waals surface area contributed by atoms with Gasteiger partial charge in [-0.2, -0.15) is 10.1 Å². The molecule has 28 heavy (non-hydrogen) atoms. The lowest BCUT2D eigenvalue weighted by Crippen LogP contribution is -2.21. The number of methoxy groups -OCH3 is 2. The normalized spacial score (nSPS) is 15.7. The molecule has 146 valence electrons. The van der Waals surface area contributed by atoms with Crippen molar-refractivity contribution in [1.82, 2.24) is 0 Å². The number of amides is 1. The maximum absolute atomic E-state index is 12.9. The number of para-hydroxylation sites is 1. The molecule has 2 aromatic rings. The molecule has 0 radical (unpaired) electrons. The van der Waals surface area contributed by atoms with Gasteiger partial charge in [0.15, 0.2) is 11.5 Å². The van der Waals surface area contributed by atoms with E-state index in [2.05, 4.69) is 5.10 Å². The van der Waals surface area contributed by atoms with Crippen LogP contribution in [-0.2, 0) is 14.8 Å². The Hall–Kier alpha value is -3.17. The number of carbonyl (C=O) groups excluding carboxylic acids is 1. The van der Waals surface area contributed by atoms with E-state index >= 15 is 0 Å². The molecule has 0 aromatic heterocycles. The molecule has 0 fully saturated rings. The molecule has 0 saturated carbocycles. The van der Waals surface area contributed by atoms with Crippen molar-refractivity contribution in [2.45, 2.75) is 11.8 Å². The van der Waals surface area contributed by atoms with E-state index in [0.717, 1.165) is 0 Å². The molecule has 0 atom stereocenters. The van der Waals surface area contributed by atoms with Gasteiger partial charge in [-0.05, 0) is 43.3 Å². The minimum Gasteiger partial charge on any atom is -0.493 e. The highest BCUT2D eigenvalue weighted by Crippen LogP contribution is 2.33. The molecule has 1 amide bonds. The highest BCUT2D eigenvalue weighted by molar-refractivity contribution is 7.89. The second-order valence-corrected chi connectivity index (χ2v) is 7.54. The summed E-state index contributed by atoms with van der Waals surface area (Å²) in [7, 11) is -0.748. The van der Waals surface area contributed by atoms with Gasteiger partial charge in [-0.15, -0.1) is 0 Å². The summed E-state index contributed by atoms with van der Waals surface area (Å²) in [6.07, 6.45) is 1.68. The number of benzene rings is 2. The smallest absolute Gasteiger partial charge is 0.280 e. The maximum atomic E-state index is 12.9.